The second-order valence-electron chi connectivity index (χ2n) is 6.81. The van der Waals surface area contributed by atoms with Gasteiger partial charge in [0.15, 0.2) is 11.6 Å². The van der Waals surface area contributed by atoms with Crippen LogP contribution in [0.2, 0.25) is 0 Å². The number of carbonyl (C=O) groups is 1. The Bertz CT molecular complexity index is 733. The van der Waals surface area contributed by atoms with Gasteiger partial charge < -0.3 is 20.1 Å². The molecule has 1 unspecified atom stereocenters. The smallest absolute Gasteiger partial charge is 0.251 e. The summed E-state index contributed by atoms with van der Waals surface area (Å²) in [6.07, 6.45) is 0.971. The molecule has 0 aliphatic carbocycles. The molecule has 1 heterocycles. The Hall–Kier alpha value is -2.44. The summed E-state index contributed by atoms with van der Waals surface area (Å²) in [4.78, 5) is 14.3. The van der Waals surface area contributed by atoms with E-state index in [2.05, 4.69) is 10.2 Å². The van der Waals surface area contributed by atoms with Crippen LogP contribution in [0.4, 0.5) is 4.39 Å². The van der Waals surface area contributed by atoms with Crippen LogP contribution in [0.1, 0.15) is 23.2 Å². The predicted molar refractivity (Wildman–Crippen MR) is 101 cm³/mol. The summed E-state index contributed by atoms with van der Waals surface area (Å²) in [5, 5.41) is 13.2. The van der Waals surface area contributed by atoms with Crippen LogP contribution in [0.15, 0.2) is 54.6 Å². The standard InChI is InChI=1S/C21H25FN2O3/c22-19-8-4-5-9-20(19)27-15-18(25)14-24-12-10-17(11-13-24)23-21(26)16-6-2-1-3-7-16/h1-9,17-18,25H,10-15H2,(H,23,26). The highest BCUT2D eigenvalue weighted by Crippen LogP contribution is 2.16. The number of rotatable bonds is 7. The Kier molecular flexibility index (Phi) is 6.79. The molecule has 144 valence electrons. The normalized spacial score (nSPS) is 16.7. The second kappa shape index (κ2) is 9.48. The van der Waals surface area contributed by atoms with Gasteiger partial charge in [-0.05, 0) is 37.1 Å². The van der Waals surface area contributed by atoms with Crippen molar-refractivity contribution in [1.82, 2.24) is 10.2 Å². The fraction of sp³-hybridized carbons (Fsp3) is 0.381. The van der Waals surface area contributed by atoms with Crippen molar-refractivity contribution in [3.05, 3.63) is 66.0 Å². The number of β-amino-alcohol motifs (C(OH)–C–C–N with tert-alkyl or cyclic N) is 1. The Morgan fingerprint density at radius 1 is 1.15 bits per heavy atom. The Morgan fingerprint density at radius 3 is 2.52 bits per heavy atom. The molecule has 1 aliphatic heterocycles. The van der Waals surface area contributed by atoms with Crippen LogP contribution >= 0.6 is 0 Å². The summed E-state index contributed by atoms with van der Waals surface area (Å²) in [6, 6.07) is 15.5. The predicted octanol–water partition coefficient (Wildman–Crippen LogP) is 2.46. The van der Waals surface area contributed by atoms with E-state index < -0.39 is 11.9 Å². The minimum Gasteiger partial charge on any atom is -0.488 e. The average Bonchev–Trinajstić information content (AvgIpc) is 2.69. The molecular formula is C21H25FN2O3. The van der Waals surface area contributed by atoms with Crippen LogP contribution in [0, 0.1) is 5.82 Å². The van der Waals surface area contributed by atoms with Gasteiger partial charge in [0.25, 0.3) is 5.91 Å². The van der Waals surface area contributed by atoms with E-state index in [-0.39, 0.29) is 24.3 Å². The molecule has 1 atom stereocenters. The molecular weight excluding hydrogens is 347 g/mol. The van der Waals surface area contributed by atoms with Crippen molar-refractivity contribution >= 4 is 5.91 Å². The Morgan fingerprint density at radius 2 is 1.81 bits per heavy atom. The molecule has 3 rings (SSSR count). The lowest BCUT2D eigenvalue weighted by molar-refractivity contribution is 0.0557. The van der Waals surface area contributed by atoms with Crippen LogP contribution in [0.25, 0.3) is 0 Å². The van der Waals surface area contributed by atoms with E-state index in [1.165, 1.54) is 6.07 Å². The monoisotopic (exact) mass is 372 g/mol. The van der Waals surface area contributed by atoms with Gasteiger partial charge in [0, 0.05) is 31.2 Å². The molecule has 1 aliphatic rings. The fourth-order valence-electron chi connectivity index (χ4n) is 3.22. The number of carbonyl (C=O) groups excluding carboxylic acids is 1. The first kappa shape index (κ1) is 19.3. The molecule has 0 saturated carbocycles. The molecule has 27 heavy (non-hydrogen) atoms. The van der Waals surface area contributed by atoms with Crippen molar-refractivity contribution < 1.29 is 19.0 Å². The van der Waals surface area contributed by atoms with Gasteiger partial charge in [-0.3, -0.25) is 4.79 Å². The first-order chi connectivity index (χ1) is 13.1. The lowest BCUT2D eigenvalue weighted by atomic mass is 10.0. The van der Waals surface area contributed by atoms with Crippen molar-refractivity contribution in [2.45, 2.75) is 25.0 Å². The molecule has 1 amide bonds. The molecule has 0 aromatic heterocycles. The van der Waals surface area contributed by atoms with Crippen LogP contribution in [-0.2, 0) is 0 Å². The SMILES string of the molecule is O=C(NC1CCN(CC(O)COc2ccccc2F)CC1)c1ccccc1. The number of amides is 1. The summed E-state index contributed by atoms with van der Waals surface area (Å²) in [7, 11) is 0. The highest BCUT2D eigenvalue weighted by atomic mass is 19.1. The molecule has 2 N–H and O–H groups in total. The molecule has 1 fully saturated rings. The molecule has 0 bridgehead atoms. The number of likely N-dealkylation sites (tertiary alicyclic amines) is 1. The first-order valence-corrected chi connectivity index (χ1v) is 9.25. The van der Waals surface area contributed by atoms with Gasteiger partial charge in [0.1, 0.15) is 12.7 Å². The third kappa shape index (κ3) is 5.77. The quantitative estimate of drug-likeness (QED) is 0.784. The number of halogens is 1. The highest BCUT2D eigenvalue weighted by Gasteiger charge is 2.22. The van der Waals surface area contributed by atoms with Gasteiger partial charge in [-0.25, -0.2) is 4.39 Å². The molecule has 5 nitrogen and oxygen atoms in total. The highest BCUT2D eigenvalue weighted by molar-refractivity contribution is 5.94. The van der Waals surface area contributed by atoms with E-state index in [0.717, 1.165) is 25.9 Å². The van der Waals surface area contributed by atoms with E-state index in [4.69, 9.17) is 4.74 Å². The summed E-state index contributed by atoms with van der Waals surface area (Å²) in [5.41, 5.74) is 0.667. The van der Waals surface area contributed by atoms with Crippen molar-refractivity contribution in [3.8, 4) is 5.75 Å². The van der Waals surface area contributed by atoms with E-state index >= 15 is 0 Å². The maximum absolute atomic E-state index is 13.5. The number of aliphatic hydroxyl groups excluding tert-OH is 1. The van der Waals surface area contributed by atoms with Crippen molar-refractivity contribution in [2.24, 2.45) is 0 Å². The van der Waals surface area contributed by atoms with Crippen molar-refractivity contribution in [1.29, 1.82) is 0 Å². The van der Waals surface area contributed by atoms with E-state index in [9.17, 15) is 14.3 Å². The van der Waals surface area contributed by atoms with Gasteiger partial charge >= 0.3 is 0 Å². The summed E-state index contributed by atoms with van der Waals surface area (Å²) < 4.78 is 18.9. The number of nitrogens with one attached hydrogen (secondary N) is 1. The molecule has 0 spiro atoms. The number of hydrogen-bond donors (Lipinski definition) is 2. The van der Waals surface area contributed by atoms with Crippen LogP contribution in [0.5, 0.6) is 5.75 Å². The van der Waals surface area contributed by atoms with Crippen molar-refractivity contribution in [2.75, 3.05) is 26.2 Å². The number of aliphatic hydroxyl groups is 1. The van der Waals surface area contributed by atoms with Gasteiger partial charge in [-0.2, -0.15) is 0 Å². The van der Waals surface area contributed by atoms with Crippen LogP contribution < -0.4 is 10.1 Å². The fourth-order valence-corrected chi connectivity index (χ4v) is 3.22. The zero-order valence-electron chi connectivity index (χ0n) is 15.2. The van der Waals surface area contributed by atoms with Crippen LogP contribution in [-0.4, -0.2) is 54.3 Å². The largest absolute Gasteiger partial charge is 0.488 e. The number of nitrogens with zero attached hydrogens (tertiary/aromatic N) is 1. The minimum atomic E-state index is -0.694. The van der Waals surface area contributed by atoms with Gasteiger partial charge in [0.05, 0.1) is 0 Å². The molecule has 1 saturated heterocycles. The zero-order valence-corrected chi connectivity index (χ0v) is 15.2. The Labute approximate surface area is 158 Å². The van der Waals surface area contributed by atoms with Gasteiger partial charge in [-0.15, -0.1) is 0 Å². The number of piperidine rings is 1. The summed E-state index contributed by atoms with van der Waals surface area (Å²) in [6.45, 7) is 2.09. The lowest BCUT2D eigenvalue weighted by Crippen LogP contribution is -2.47. The van der Waals surface area contributed by atoms with Gasteiger partial charge in [-0.1, -0.05) is 30.3 Å². The second-order valence-corrected chi connectivity index (χ2v) is 6.81. The third-order valence-corrected chi connectivity index (χ3v) is 4.70. The maximum Gasteiger partial charge on any atom is 0.251 e. The van der Waals surface area contributed by atoms with E-state index in [1.54, 1.807) is 30.3 Å². The summed E-state index contributed by atoms with van der Waals surface area (Å²) in [5.74, 6) is -0.328. The topological polar surface area (TPSA) is 61.8 Å². The molecule has 0 radical (unpaired) electrons. The van der Waals surface area contributed by atoms with Gasteiger partial charge in [0.2, 0.25) is 0 Å². The first-order valence-electron chi connectivity index (χ1n) is 9.25. The number of ether oxygens (including phenoxy) is 1. The van der Waals surface area contributed by atoms with E-state index in [0.29, 0.717) is 12.1 Å². The van der Waals surface area contributed by atoms with E-state index in [1.807, 2.05) is 18.2 Å². The van der Waals surface area contributed by atoms with Crippen LogP contribution in [0.3, 0.4) is 0 Å². The molecule has 6 heteroatoms. The zero-order chi connectivity index (χ0) is 19.1. The lowest BCUT2D eigenvalue weighted by Gasteiger charge is -2.33. The molecule has 2 aromatic carbocycles. The molecule has 2 aromatic rings. The number of benzene rings is 2. The average molecular weight is 372 g/mol. The Balaban J connectivity index is 1.37. The van der Waals surface area contributed by atoms with Crippen molar-refractivity contribution in [3.63, 3.8) is 0 Å². The minimum absolute atomic E-state index is 0.0472. The summed E-state index contributed by atoms with van der Waals surface area (Å²) >= 11 is 0. The third-order valence-electron chi connectivity index (χ3n) is 4.70. The number of para-hydroxylation sites is 1. The maximum atomic E-state index is 13.5. The number of hydrogen-bond acceptors (Lipinski definition) is 4.